The highest BCUT2D eigenvalue weighted by Gasteiger charge is 2.26. The van der Waals surface area contributed by atoms with Crippen LogP contribution < -0.4 is 9.46 Å². The van der Waals surface area contributed by atoms with Crippen LogP contribution in [0.2, 0.25) is 5.02 Å². The van der Waals surface area contributed by atoms with E-state index in [9.17, 15) is 17.6 Å². The van der Waals surface area contributed by atoms with E-state index in [1.807, 2.05) is 0 Å². The van der Waals surface area contributed by atoms with Crippen LogP contribution in [0.5, 0.6) is 5.75 Å². The molecule has 0 atom stereocenters. The van der Waals surface area contributed by atoms with E-state index in [-0.39, 0.29) is 29.3 Å². The smallest absolute Gasteiger partial charge is 0.260 e. The van der Waals surface area contributed by atoms with Gasteiger partial charge < -0.3 is 9.64 Å². The number of piperidine rings is 1. The summed E-state index contributed by atoms with van der Waals surface area (Å²) in [7, 11) is -3.63. The van der Waals surface area contributed by atoms with Gasteiger partial charge in [-0.3, -0.25) is 4.79 Å². The monoisotopic (exact) mass is 426 g/mol. The Morgan fingerprint density at radius 3 is 2.32 bits per heavy atom. The lowest BCUT2D eigenvalue weighted by atomic mass is 10.1. The number of hydrogen-bond acceptors (Lipinski definition) is 4. The minimum atomic E-state index is -3.63. The summed E-state index contributed by atoms with van der Waals surface area (Å²) >= 11 is 5.79. The number of sulfonamides is 1. The molecule has 3 rings (SSSR count). The molecule has 9 heteroatoms. The summed E-state index contributed by atoms with van der Waals surface area (Å²) in [6.45, 7) is 0.714. The molecular weight excluding hydrogens is 407 g/mol. The van der Waals surface area contributed by atoms with Crippen LogP contribution in [0.4, 0.5) is 4.39 Å². The fourth-order valence-electron chi connectivity index (χ4n) is 2.92. The zero-order valence-electron chi connectivity index (χ0n) is 15.0. The Morgan fingerprint density at radius 1 is 1.11 bits per heavy atom. The predicted octanol–water partition coefficient (Wildman–Crippen LogP) is 2.83. The molecule has 0 spiro atoms. The zero-order valence-corrected chi connectivity index (χ0v) is 16.5. The van der Waals surface area contributed by atoms with Crippen molar-refractivity contribution in [2.75, 3.05) is 19.7 Å². The van der Waals surface area contributed by atoms with Crippen molar-refractivity contribution in [3.63, 3.8) is 0 Å². The van der Waals surface area contributed by atoms with Crippen LogP contribution in [0.25, 0.3) is 0 Å². The minimum absolute atomic E-state index is 0.146. The third-order valence-corrected chi connectivity index (χ3v) is 6.26. The van der Waals surface area contributed by atoms with Crippen LogP contribution in [0.3, 0.4) is 0 Å². The molecule has 0 aromatic heterocycles. The van der Waals surface area contributed by atoms with E-state index in [0.717, 1.165) is 0 Å². The maximum absolute atomic E-state index is 12.9. The summed E-state index contributed by atoms with van der Waals surface area (Å²) in [6, 6.07) is 11.2. The molecule has 0 saturated carbocycles. The molecule has 0 bridgehead atoms. The van der Waals surface area contributed by atoms with Gasteiger partial charge in [0, 0.05) is 24.2 Å². The van der Waals surface area contributed by atoms with Crippen LogP contribution >= 0.6 is 11.6 Å². The molecule has 1 heterocycles. The molecule has 1 fully saturated rings. The first-order valence-corrected chi connectivity index (χ1v) is 10.6. The van der Waals surface area contributed by atoms with E-state index >= 15 is 0 Å². The van der Waals surface area contributed by atoms with Crippen molar-refractivity contribution in [3.8, 4) is 5.75 Å². The normalized spacial score (nSPS) is 15.4. The second-order valence-electron chi connectivity index (χ2n) is 6.47. The maximum Gasteiger partial charge on any atom is 0.260 e. The van der Waals surface area contributed by atoms with E-state index in [4.69, 9.17) is 16.3 Å². The lowest BCUT2D eigenvalue weighted by molar-refractivity contribution is -0.134. The Kier molecular flexibility index (Phi) is 6.53. The van der Waals surface area contributed by atoms with Gasteiger partial charge >= 0.3 is 0 Å². The van der Waals surface area contributed by atoms with Gasteiger partial charge in [0.05, 0.1) is 4.90 Å². The number of rotatable bonds is 6. The number of nitrogens with zero attached hydrogens (tertiary/aromatic N) is 1. The number of hydrogen-bond donors (Lipinski definition) is 1. The summed E-state index contributed by atoms with van der Waals surface area (Å²) in [5, 5.41) is 0.466. The summed E-state index contributed by atoms with van der Waals surface area (Å²) < 4.78 is 45.8. The number of amides is 1. The van der Waals surface area contributed by atoms with E-state index in [0.29, 0.717) is 36.7 Å². The quantitative estimate of drug-likeness (QED) is 0.770. The Labute approximate surface area is 168 Å². The predicted molar refractivity (Wildman–Crippen MR) is 103 cm³/mol. The average molecular weight is 427 g/mol. The van der Waals surface area contributed by atoms with Gasteiger partial charge in [0.25, 0.3) is 5.91 Å². The summed E-state index contributed by atoms with van der Waals surface area (Å²) in [5.41, 5.74) is 0. The van der Waals surface area contributed by atoms with Gasteiger partial charge in [0.1, 0.15) is 11.6 Å². The van der Waals surface area contributed by atoms with Gasteiger partial charge in [-0.1, -0.05) is 11.6 Å². The number of likely N-dealkylation sites (tertiary alicyclic amines) is 1. The number of carbonyl (C=O) groups excluding carboxylic acids is 1. The fourth-order valence-corrected chi connectivity index (χ4v) is 4.35. The van der Waals surface area contributed by atoms with E-state index in [1.54, 1.807) is 4.90 Å². The molecule has 150 valence electrons. The van der Waals surface area contributed by atoms with E-state index in [1.165, 1.54) is 48.5 Å². The molecule has 2 aromatic carbocycles. The van der Waals surface area contributed by atoms with Crippen LogP contribution in [-0.2, 0) is 14.8 Å². The lowest BCUT2D eigenvalue weighted by Crippen LogP contribution is -2.47. The van der Waals surface area contributed by atoms with Crippen molar-refractivity contribution < 1.29 is 22.3 Å². The van der Waals surface area contributed by atoms with Gasteiger partial charge in [-0.25, -0.2) is 17.5 Å². The van der Waals surface area contributed by atoms with E-state index in [2.05, 4.69) is 4.72 Å². The Bertz CT molecular complexity index is 912. The number of ether oxygens (including phenoxy) is 1. The molecule has 6 nitrogen and oxygen atoms in total. The molecule has 2 aromatic rings. The number of halogens is 2. The summed E-state index contributed by atoms with van der Waals surface area (Å²) in [6.07, 6.45) is 1.02. The number of nitrogens with one attached hydrogen (secondary N) is 1. The van der Waals surface area contributed by atoms with Crippen LogP contribution in [-0.4, -0.2) is 45.0 Å². The van der Waals surface area contributed by atoms with Gasteiger partial charge in [-0.15, -0.1) is 0 Å². The van der Waals surface area contributed by atoms with Crippen LogP contribution in [0.15, 0.2) is 53.4 Å². The number of carbonyl (C=O) groups is 1. The van der Waals surface area contributed by atoms with Gasteiger partial charge in [0.15, 0.2) is 6.61 Å². The van der Waals surface area contributed by atoms with Gasteiger partial charge in [-0.2, -0.15) is 0 Å². The minimum Gasteiger partial charge on any atom is -0.484 e. The molecule has 1 N–H and O–H groups in total. The molecular formula is C19H20ClFN2O4S. The third kappa shape index (κ3) is 5.43. The molecule has 1 saturated heterocycles. The van der Waals surface area contributed by atoms with Crippen molar-refractivity contribution in [1.29, 1.82) is 0 Å². The standard InChI is InChI=1S/C19H20ClFN2O4S/c20-14-1-7-18(8-2-14)28(25,26)22-16-9-11-23(12-10-16)19(24)13-27-17-5-3-15(21)4-6-17/h1-8,16,22H,9-13H2. The highest BCUT2D eigenvalue weighted by atomic mass is 35.5. The highest BCUT2D eigenvalue weighted by Crippen LogP contribution is 2.18. The largest absolute Gasteiger partial charge is 0.484 e. The average Bonchev–Trinajstić information content (AvgIpc) is 2.68. The Hall–Kier alpha value is -2.16. The van der Waals surface area contributed by atoms with Crippen LogP contribution in [0, 0.1) is 5.82 Å². The Morgan fingerprint density at radius 2 is 1.71 bits per heavy atom. The molecule has 1 amide bonds. The molecule has 0 aliphatic carbocycles. The third-order valence-electron chi connectivity index (χ3n) is 4.47. The SMILES string of the molecule is O=C(COc1ccc(F)cc1)N1CCC(NS(=O)(=O)c2ccc(Cl)cc2)CC1. The first-order chi connectivity index (χ1) is 13.3. The summed E-state index contributed by atoms with van der Waals surface area (Å²) in [5.74, 6) is -0.148. The first-order valence-electron chi connectivity index (χ1n) is 8.77. The molecule has 0 radical (unpaired) electrons. The van der Waals surface area contributed by atoms with Crippen molar-refractivity contribution >= 4 is 27.5 Å². The molecule has 28 heavy (non-hydrogen) atoms. The van der Waals surface area contributed by atoms with Gasteiger partial charge in [-0.05, 0) is 61.4 Å². The van der Waals surface area contributed by atoms with Crippen molar-refractivity contribution in [3.05, 3.63) is 59.4 Å². The number of benzene rings is 2. The van der Waals surface area contributed by atoms with Crippen LogP contribution in [0.1, 0.15) is 12.8 Å². The van der Waals surface area contributed by atoms with E-state index < -0.39 is 10.0 Å². The Balaban J connectivity index is 1.47. The zero-order chi connectivity index (χ0) is 20.1. The summed E-state index contributed by atoms with van der Waals surface area (Å²) in [4.78, 5) is 14.1. The second kappa shape index (κ2) is 8.89. The first kappa shape index (κ1) is 20.6. The molecule has 0 unspecified atom stereocenters. The maximum atomic E-state index is 12.9. The molecule has 1 aliphatic rings. The van der Waals surface area contributed by atoms with Crippen molar-refractivity contribution in [2.24, 2.45) is 0 Å². The van der Waals surface area contributed by atoms with Crippen molar-refractivity contribution in [1.82, 2.24) is 9.62 Å². The lowest BCUT2D eigenvalue weighted by Gasteiger charge is -2.32. The van der Waals surface area contributed by atoms with Gasteiger partial charge in [0.2, 0.25) is 10.0 Å². The second-order valence-corrected chi connectivity index (χ2v) is 8.62. The molecule has 1 aliphatic heterocycles. The fraction of sp³-hybridized carbons (Fsp3) is 0.316. The highest BCUT2D eigenvalue weighted by molar-refractivity contribution is 7.89. The van der Waals surface area contributed by atoms with Crippen molar-refractivity contribution in [2.45, 2.75) is 23.8 Å². The topological polar surface area (TPSA) is 75.7 Å².